The first-order valence-electron chi connectivity index (χ1n) is 5.66. The standard InChI is InChI=1S/C14H15NO/c15-13(14(16)7-8-14)12-6-5-10-3-1-2-4-11(10)9-12/h1-6,9,13,16H,7-8,15H2. The Morgan fingerprint density at radius 1 is 1.06 bits per heavy atom. The zero-order valence-corrected chi connectivity index (χ0v) is 9.06. The van der Waals surface area contributed by atoms with Crippen molar-refractivity contribution in [3.05, 3.63) is 48.0 Å². The van der Waals surface area contributed by atoms with E-state index in [0.29, 0.717) is 0 Å². The molecule has 0 aliphatic heterocycles. The van der Waals surface area contributed by atoms with Crippen molar-refractivity contribution >= 4 is 10.8 Å². The summed E-state index contributed by atoms with van der Waals surface area (Å²) in [5.41, 5.74) is 6.45. The van der Waals surface area contributed by atoms with E-state index in [1.165, 1.54) is 10.8 Å². The molecule has 1 fully saturated rings. The number of hydrogen-bond donors (Lipinski definition) is 2. The summed E-state index contributed by atoms with van der Waals surface area (Å²) in [5, 5.41) is 12.4. The lowest BCUT2D eigenvalue weighted by atomic mass is 9.97. The molecule has 3 rings (SSSR count). The Kier molecular flexibility index (Phi) is 2.03. The highest BCUT2D eigenvalue weighted by Crippen LogP contribution is 2.44. The highest BCUT2D eigenvalue weighted by Gasteiger charge is 2.46. The fourth-order valence-electron chi connectivity index (χ4n) is 2.15. The first kappa shape index (κ1) is 9.82. The minimum absolute atomic E-state index is 0.253. The molecule has 3 N–H and O–H groups in total. The van der Waals surface area contributed by atoms with Crippen LogP contribution in [0.1, 0.15) is 24.4 Å². The quantitative estimate of drug-likeness (QED) is 0.804. The molecule has 0 saturated heterocycles. The maximum Gasteiger partial charge on any atom is 0.0841 e. The molecule has 1 unspecified atom stereocenters. The van der Waals surface area contributed by atoms with Crippen LogP contribution >= 0.6 is 0 Å². The summed E-state index contributed by atoms with van der Waals surface area (Å²) in [6.07, 6.45) is 1.64. The average molecular weight is 213 g/mol. The van der Waals surface area contributed by atoms with E-state index in [1.54, 1.807) is 0 Å². The summed E-state index contributed by atoms with van der Waals surface area (Å²) < 4.78 is 0. The number of aliphatic hydroxyl groups is 1. The van der Waals surface area contributed by atoms with E-state index in [0.717, 1.165) is 18.4 Å². The monoisotopic (exact) mass is 213 g/mol. The predicted octanol–water partition coefficient (Wildman–Crippen LogP) is 2.36. The number of benzene rings is 2. The van der Waals surface area contributed by atoms with Crippen molar-refractivity contribution in [2.75, 3.05) is 0 Å². The van der Waals surface area contributed by atoms with Gasteiger partial charge in [-0.05, 0) is 35.2 Å². The largest absolute Gasteiger partial charge is 0.388 e. The molecule has 2 nitrogen and oxygen atoms in total. The van der Waals surface area contributed by atoms with Crippen LogP contribution in [0.25, 0.3) is 10.8 Å². The van der Waals surface area contributed by atoms with Gasteiger partial charge in [-0.25, -0.2) is 0 Å². The molecule has 0 bridgehead atoms. The molecule has 0 radical (unpaired) electrons. The van der Waals surface area contributed by atoms with E-state index >= 15 is 0 Å². The van der Waals surface area contributed by atoms with Crippen molar-refractivity contribution in [1.82, 2.24) is 0 Å². The maximum absolute atomic E-state index is 10.00. The second kappa shape index (κ2) is 3.30. The van der Waals surface area contributed by atoms with Gasteiger partial charge >= 0.3 is 0 Å². The van der Waals surface area contributed by atoms with Gasteiger partial charge in [0.05, 0.1) is 11.6 Å². The summed E-state index contributed by atoms with van der Waals surface area (Å²) in [6.45, 7) is 0. The van der Waals surface area contributed by atoms with Gasteiger partial charge in [0.2, 0.25) is 0 Å². The molecule has 1 atom stereocenters. The van der Waals surface area contributed by atoms with Gasteiger partial charge in [-0.15, -0.1) is 0 Å². The summed E-state index contributed by atoms with van der Waals surface area (Å²) >= 11 is 0. The Balaban J connectivity index is 2.05. The van der Waals surface area contributed by atoms with Gasteiger partial charge in [0, 0.05) is 0 Å². The lowest BCUT2D eigenvalue weighted by molar-refractivity contribution is 0.120. The van der Waals surface area contributed by atoms with Gasteiger partial charge in [0.1, 0.15) is 0 Å². The summed E-state index contributed by atoms with van der Waals surface area (Å²) in [4.78, 5) is 0. The summed E-state index contributed by atoms with van der Waals surface area (Å²) in [5.74, 6) is 0. The Morgan fingerprint density at radius 3 is 2.44 bits per heavy atom. The fraction of sp³-hybridized carbons (Fsp3) is 0.286. The molecule has 2 aromatic rings. The maximum atomic E-state index is 10.00. The van der Waals surface area contributed by atoms with Gasteiger partial charge < -0.3 is 10.8 Å². The van der Waals surface area contributed by atoms with Gasteiger partial charge in [0.15, 0.2) is 0 Å². The first-order valence-corrected chi connectivity index (χ1v) is 5.66. The Labute approximate surface area is 94.7 Å². The zero-order valence-electron chi connectivity index (χ0n) is 9.06. The van der Waals surface area contributed by atoms with Crippen LogP contribution in [0.2, 0.25) is 0 Å². The highest BCUT2D eigenvalue weighted by atomic mass is 16.3. The average Bonchev–Trinajstić information content (AvgIpc) is 3.07. The van der Waals surface area contributed by atoms with Crippen LogP contribution in [0.3, 0.4) is 0 Å². The van der Waals surface area contributed by atoms with E-state index in [1.807, 2.05) is 18.2 Å². The second-order valence-corrected chi connectivity index (χ2v) is 4.69. The van der Waals surface area contributed by atoms with Crippen molar-refractivity contribution in [2.24, 2.45) is 5.73 Å². The minimum atomic E-state index is -0.650. The van der Waals surface area contributed by atoms with Crippen molar-refractivity contribution in [2.45, 2.75) is 24.5 Å². The van der Waals surface area contributed by atoms with E-state index in [2.05, 4.69) is 24.3 Å². The van der Waals surface area contributed by atoms with Crippen LogP contribution in [0, 0.1) is 0 Å². The van der Waals surface area contributed by atoms with Crippen LogP contribution in [0.4, 0.5) is 0 Å². The molecule has 1 aliphatic carbocycles. The smallest absolute Gasteiger partial charge is 0.0841 e. The van der Waals surface area contributed by atoms with Gasteiger partial charge in [0.25, 0.3) is 0 Å². The van der Waals surface area contributed by atoms with Crippen molar-refractivity contribution in [3.8, 4) is 0 Å². The molecule has 0 aromatic heterocycles. The molecule has 2 aromatic carbocycles. The van der Waals surface area contributed by atoms with E-state index in [9.17, 15) is 5.11 Å². The molecule has 16 heavy (non-hydrogen) atoms. The molecule has 0 spiro atoms. The molecule has 2 heteroatoms. The molecule has 0 amide bonds. The van der Waals surface area contributed by atoms with Crippen LogP contribution in [0.5, 0.6) is 0 Å². The Hall–Kier alpha value is -1.38. The van der Waals surface area contributed by atoms with E-state index in [4.69, 9.17) is 5.73 Å². The lowest BCUT2D eigenvalue weighted by Gasteiger charge is -2.18. The third kappa shape index (κ3) is 1.51. The van der Waals surface area contributed by atoms with Crippen molar-refractivity contribution < 1.29 is 5.11 Å². The summed E-state index contributed by atoms with van der Waals surface area (Å²) in [6, 6.07) is 14.1. The van der Waals surface area contributed by atoms with Gasteiger partial charge in [-0.1, -0.05) is 36.4 Å². The minimum Gasteiger partial charge on any atom is -0.388 e. The highest BCUT2D eigenvalue weighted by molar-refractivity contribution is 5.83. The zero-order chi connectivity index (χ0) is 11.2. The van der Waals surface area contributed by atoms with Crippen LogP contribution in [-0.2, 0) is 0 Å². The third-order valence-corrected chi connectivity index (χ3v) is 3.47. The fourth-order valence-corrected chi connectivity index (χ4v) is 2.15. The molecule has 1 saturated carbocycles. The van der Waals surface area contributed by atoms with Crippen LogP contribution in [-0.4, -0.2) is 10.7 Å². The normalized spacial score (nSPS) is 19.6. The predicted molar refractivity (Wildman–Crippen MR) is 65.1 cm³/mol. The number of hydrogen-bond acceptors (Lipinski definition) is 2. The van der Waals surface area contributed by atoms with Crippen LogP contribution < -0.4 is 5.73 Å². The van der Waals surface area contributed by atoms with E-state index in [-0.39, 0.29) is 6.04 Å². The Morgan fingerprint density at radius 2 is 1.75 bits per heavy atom. The number of fused-ring (bicyclic) bond motifs is 1. The molecule has 0 heterocycles. The SMILES string of the molecule is NC(c1ccc2ccccc2c1)C1(O)CC1. The molecular weight excluding hydrogens is 198 g/mol. The second-order valence-electron chi connectivity index (χ2n) is 4.69. The van der Waals surface area contributed by atoms with E-state index < -0.39 is 5.60 Å². The number of rotatable bonds is 2. The van der Waals surface area contributed by atoms with Gasteiger partial charge in [-0.3, -0.25) is 0 Å². The van der Waals surface area contributed by atoms with Gasteiger partial charge in [-0.2, -0.15) is 0 Å². The lowest BCUT2D eigenvalue weighted by Crippen LogP contribution is -2.27. The van der Waals surface area contributed by atoms with Crippen LogP contribution in [0.15, 0.2) is 42.5 Å². The Bertz CT molecular complexity index is 531. The third-order valence-electron chi connectivity index (χ3n) is 3.47. The molecule has 82 valence electrons. The van der Waals surface area contributed by atoms with Crippen molar-refractivity contribution in [1.29, 1.82) is 0 Å². The topological polar surface area (TPSA) is 46.2 Å². The number of nitrogens with two attached hydrogens (primary N) is 1. The van der Waals surface area contributed by atoms with Crippen molar-refractivity contribution in [3.63, 3.8) is 0 Å². The molecular formula is C14H15NO. The molecule has 1 aliphatic rings. The summed E-state index contributed by atoms with van der Waals surface area (Å²) in [7, 11) is 0. The first-order chi connectivity index (χ1) is 7.69.